The zero-order chi connectivity index (χ0) is 20.5. The van der Waals surface area contributed by atoms with Crippen LogP contribution in [0.5, 0.6) is 0 Å². The topological polar surface area (TPSA) is 41.1 Å². The van der Waals surface area contributed by atoms with Crippen molar-refractivity contribution in [2.75, 3.05) is 13.6 Å². The molecule has 1 amide bonds. The van der Waals surface area contributed by atoms with Gasteiger partial charge in [-0.3, -0.25) is 4.79 Å². The summed E-state index contributed by atoms with van der Waals surface area (Å²) in [6.07, 6.45) is 2.32. The van der Waals surface area contributed by atoms with Crippen molar-refractivity contribution in [2.45, 2.75) is 45.1 Å². The van der Waals surface area contributed by atoms with E-state index in [2.05, 4.69) is 24.5 Å². The summed E-state index contributed by atoms with van der Waals surface area (Å²) >= 11 is 0. The minimum absolute atomic E-state index is 0.0105. The number of carbonyl (C=O) groups excluding carboxylic acids is 1. The number of benzene rings is 2. The van der Waals surface area contributed by atoms with E-state index < -0.39 is 0 Å². The van der Waals surface area contributed by atoms with Crippen molar-refractivity contribution in [1.29, 1.82) is 0 Å². The zero-order valence-corrected chi connectivity index (χ0v) is 16.8. The fraction of sp³-hybridized carbons (Fsp3) is 0.435. The van der Waals surface area contributed by atoms with Crippen molar-refractivity contribution in [3.8, 4) is 0 Å². The molecule has 0 radical (unpaired) electrons. The van der Waals surface area contributed by atoms with Gasteiger partial charge in [-0.2, -0.15) is 0 Å². The predicted octanol–water partition coefficient (Wildman–Crippen LogP) is 4.63. The molecule has 1 unspecified atom stereocenters. The van der Waals surface area contributed by atoms with E-state index in [9.17, 15) is 13.6 Å². The Labute approximate surface area is 166 Å². The Morgan fingerprint density at radius 2 is 1.43 bits per heavy atom. The van der Waals surface area contributed by atoms with Gasteiger partial charge in [0.05, 0.1) is 6.04 Å². The highest BCUT2D eigenvalue weighted by Crippen LogP contribution is 2.29. The fourth-order valence-electron chi connectivity index (χ4n) is 3.38. The third-order valence-electron chi connectivity index (χ3n) is 4.89. The van der Waals surface area contributed by atoms with Gasteiger partial charge >= 0.3 is 0 Å². The highest BCUT2D eigenvalue weighted by molar-refractivity contribution is 5.81. The molecule has 2 aromatic rings. The second-order valence-corrected chi connectivity index (χ2v) is 7.56. The molecule has 0 spiro atoms. The average molecular weight is 389 g/mol. The van der Waals surface area contributed by atoms with E-state index in [1.54, 1.807) is 31.3 Å². The van der Waals surface area contributed by atoms with Crippen molar-refractivity contribution in [3.05, 3.63) is 71.3 Å². The third kappa shape index (κ3) is 6.71. The van der Waals surface area contributed by atoms with Crippen LogP contribution in [0.1, 0.15) is 50.2 Å². The molecule has 5 heteroatoms. The standard InChI is InChI=1S/C23H30F2N2O/c1-16(2)15-22(26-3)23(28)27-14-4-5-21(17-6-10-19(24)11-7-17)18-8-12-20(25)13-9-18/h6-13,16,21-22,26H,4-5,14-15H2,1-3H3,(H,27,28). The van der Waals surface area contributed by atoms with E-state index in [-0.39, 0.29) is 29.5 Å². The van der Waals surface area contributed by atoms with Crippen LogP contribution in [0.3, 0.4) is 0 Å². The van der Waals surface area contributed by atoms with Gasteiger partial charge < -0.3 is 10.6 Å². The first kappa shape index (κ1) is 22.0. The second-order valence-electron chi connectivity index (χ2n) is 7.56. The Kier molecular flexibility index (Phi) is 8.58. The molecule has 152 valence electrons. The molecule has 0 aliphatic heterocycles. The maximum Gasteiger partial charge on any atom is 0.237 e. The van der Waals surface area contributed by atoms with Gasteiger partial charge in [0.25, 0.3) is 0 Å². The molecule has 2 N–H and O–H groups in total. The largest absolute Gasteiger partial charge is 0.355 e. The summed E-state index contributed by atoms with van der Waals surface area (Å²) in [4.78, 5) is 12.3. The van der Waals surface area contributed by atoms with Crippen LogP contribution in [-0.2, 0) is 4.79 Å². The van der Waals surface area contributed by atoms with Gasteiger partial charge in [-0.1, -0.05) is 38.1 Å². The number of nitrogens with one attached hydrogen (secondary N) is 2. The van der Waals surface area contributed by atoms with Crippen molar-refractivity contribution >= 4 is 5.91 Å². The lowest BCUT2D eigenvalue weighted by atomic mass is 9.87. The molecule has 0 saturated heterocycles. The van der Waals surface area contributed by atoms with Crippen molar-refractivity contribution in [3.63, 3.8) is 0 Å². The second kappa shape index (κ2) is 10.9. The lowest BCUT2D eigenvalue weighted by molar-refractivity contribution is -0.123. The predicted molar refractivity (Wildman–Crippen MR) is 109 cm³/mol. The number of likely N-dealkylation sites (N-methyl/N-ethyl adjacent to an activating group) is 1. The van der Waals surface area contributed by atoms with Crippen LogP contribution in [0, 0.1) is 17.6 Å². The summed E-state index contributed by atoms with van der Waals surface area (Å²) < 4.78 is 26.6. The Morgan fingerprint density at radius 3 is 1.86 bits per heavy atom. The van der Waals surface area contributed by atoms with Crippen LogP contribution in [0.25, 0.3) is 0 Å². The lowest BCUT2D eigenvalue weighted by Crippen LogP contribution is -2.43. The van der Waals surface area contributed by atoms with Crippen LogP contribution in [-0.4, -0.2) is 25.5 Å². The molecule has 2 rings (SSSR count). The van der Waals surface area contributed by atoms with E-state index in [1.807, 2.05) is 0 Å². The van der Waals surface area contributed by atoms with Crippen molar-refractivity contribution < 1.29 is 13.6 Å². The first-order valence-corrected chi connectivity index (χ1v) is 9.86. The maximum absolute atomic E-state index is 13.3. The van der Waals surface area contributed by atoms with Crippen molar-refractivity contribution in [2.24, 2.45) is 5.92 Å². The van der Waals surface area contributed by atoms with Gasteiger partial charge in [-0.05, 0) is 67.6 Å². The summed E-state index contributed by atoms with van der Waals surface area (Å²) in [5, 5.41) is 6.06. The molecule has 2 aromatic carbocycles. The number of carbonyl (C=O) groups is 1. The van der Waals surface area contributed by atoms with Crippen LogP contribution in [0.15, 0.2) is 48.5 Å². The maximum atomic E-state index is 13.3. The molecule has 0 bridgehead atoms. The molecule has 0 heterocycles. The normalized spacial score (nSPS) is 12.4. The minimum Gasteiger partial charge on any atom is -0.355 e. The summed E-state index contributed by atoms with van der Waals surface area (Å²) in [5.74, 6) is -0.0935. The van der Waals surface area contributed by atoms with Gasteiger partial charge in [0.15, 0.2) is 0 Å². The SMILES string of the molecule is CNC(CC(C)C)C(=O)NCCCC(c1ccc(F)cc1)c1ccc(F)cc1. The van der Waals surface area contributed by atoms with E-state index in [1.165, 1.54) is 24.3 Å². The van der Waals surface area contributed by atoms with Crippen LogP contribution in [0.2, 0.25) is 0 Å². The summed E-state index contributed by atoms with van der Waals surface area (Å²) in [5.41, 5.74) is 1.96. The summed E-state index contributed by atoms with van der Waals surface area (Å²) in [7, 11) is 1.80. The molecule has 0 saturated carbocycles. The number of amides is 1. The number of hydrogen-bond donors (Lipinski definition) is 2. The number of rotatable bonds is 10. The van der Waals surface area contributed by atoms with Gasteiger partial charge in [-0.25, -0.2) is 8.78 Å². The Balaban J connectivity index is 1.98. The van der Waals surface area contributed by atoms with Crippen LogP contribution in [0.4, 0.5) is 8.78 Å². The first-order valence-electron chi connectivity index (χ1n) is 9.86. The third-order valence-corrected chi connectivity index (χ3v) is 4.89. The molecule has 1 atom stereocenters. The molecule has 0 fully saturated rings. The molecule has 0 aliphatic carbocycles. The highest BCUT2D eigenvalue weighted by atomic mass is 19.1. The van der Waals surface area contributed by atoms with Gasteiger partial charge in [0.2, 0.25) is 5.91 Å². The quantitative estimate of drug-likeness (QED) is 0.583. The first-order chi connectivity index (χ1) is 13.4. The van der Waals surface area contributed by atoms with E-state index in [0.717, 1.165) is 30.4 Å². The van der Waals surface area contributed by atoms with Gasteiger partial charge in [0.1, 0.15) is 11.6 Å². The number of hydrogen-bond acceptors (Lipinski definition) is 2. The molecular weight excluding hydrogens is 358 g/mol. The summed E-state index contributed by atoms with van der Waals surface area (Å²) in [6, 6.07) is 12.6. The lowest BCUT2D eigenvalue weighted by Gasteiger charge is -2.20. The molecular formula is C23H30F2N2O. The minimum atomic E-state index is -0.280. The van der Waals surface area contributed by atoms with E-state index in [4.69, 9.17) is 0 Å². The monoisotopic (exact) mass is 388 g/mol. The molecule has 0 aliphatic rings. The van der Waals surface area contributed by atoms with Crippen molar-refractivity contribution in [1.82, 2.24) is 10.6 Å². The fourth-order valence-corrected chi connectivity index (χ4v) is 3.38. The average Bonchev–Trinajstić information content (AvgIpc) is 2.67. The Bertz CT molecular complexity index is 684. The molecule has 3 nitrogen and oxygen atoms in total. The van der Waals surface area contributed by atoms with Gasteiger partial charge in [0, 0.05) is 12.5 Å². The van der Waals surface area contributed by atoms with Crippen LogP contribution < -0.4 is 10.6 Å². The van der Waals surface area contributed by atoms with E-state index in [0.29, 0.717) is 12.5 Å². The Morgan fingerprint density at radius 1 is 0.929 bits per heavy atom. The summed E-state index contributed by atoms with van der Waals surface area (Å²) in [6.45, 7) is 4.75. The van der Waals surface area contributed by atoms with Gasteiger partial charge in [-0.15, -0.1) is 0 Å². The highest BCUT2D eigenvalue weighted by Gasteiger charge is 2.18. The van der Waals surface area contributed by atoms with E-state index >= 15 is 0 Å². The molecule has 28 heavy (non-hydrogen) atoms. The Hall–Kier alpha value is -2.27. The zero-order valence-electron chi connectivity index (χ0n) is 16.8. The van der Waals surface area contributed by atoms with Crippen LogP contribution >= 0.6 is 0 Å². The molecule has 0 aromatic heterocycles. The smallest absolute Gasteiger partial charge is 0.237 e. The number of halogens is 2.